The molecule has 0 aliphatic carbocycles. The SMILES string of the molecule is CCOCCC(=O)N(CC1CCCNC1)C(C)C. The molecule has 1 fully saturated rings. The minimum absolute atomic E-state index is 0.226. The molecule has 1 aliphatic heterocycles. The van der Waals surface area contributed by atoms with Crippen LogP contribution in [0.3, 0.4) is 0 Å². The van der Waals surface area contributed by atoms with Crippen LogP contribution in [0, 0.1) is 5.92 Å². The first-order valence-electron chi connectivity index (χ1n) is 7.23. The normalized spacial score (nSPS) is 20.1. The van der Waals surface area contributed by atoms with Crippen molar-refractivity contribution >= 4 is 5.91 Å². The fourth-order valence-electron chi connectivity index (χ4n) is 2.41. The maximum atomic E-state index is 12.2. The quantitative estimate of drug-likeness (QED) is 0.704. The topological polar surface area (TPSA) is 41.6 Å². The van der Waals surface area contributed by atoms with Gasteiger partial charge in [-0.2, -0.15) is 0 Å². The number of hydrogen-bond donors (Lipinski definition) is 1. The molecule has 0 spiro atoms. The van der Waals surface area contributed by atoms with Gasteiger partial charge in [-0.05, 0) is 52.6 Å². The second-order valence-electron chi connectivity index (χ2n) is 5.30. The summed E-state index contributed by atoms with van der Waals surface area (Å²) in [6.45, 7) is 10.4. The Morgan fingerprint density at radius 1 is 1.50 bits per heavy atom. The van der Waals surface area contributed by atoms with Crippen LogP contribution in [0.1, 0.15) is 40.0 Å². The third kappa shape index (κ3) is 5.36. The Morgan fingerprint density at radius 3 is 2.83 bits per heavy atom. The van der Waals surface area contributed by atoms with Crippen molar-refractivity contribution in [2.45, 2.75) is 46.1 Å². The second-order valence-corrected chi connectivity index (χ2v) is 5.30. The zero-order chi connectivity index (χ0) is 13.4. The van der Waals surface area contributed by atoms with E-state index >= 15 is 0 Å². The number of ether oxygens (including phenoxy) is 1. The van der Waals surface area contributed by atoms with E-state index in [0.29, 0.717) is 25.6 Å². The maximum Gasteiger partial charge on any atom is 0.225 e. The predicted molar refractivity (Wildman–Crippen MR) is 73.6 cm³/mol. The molecule has 0 bridgehead atoms. The number of piperidine rings is 1. The van der Waals surface area contributed by atoms with Crippen molar-refractivity contribution in [2.75, 3.05) is 32.8 Å². The van der Waals surface area contributed by atoms with Crippen LogP contribution in [0.2, 0.25) is 0 Å². The van der Waals surface area contributed by atoms with E-state index in [-0.39, 0.29) is 11.9 Å². The van der Waals surface area contributed by atoms with Crippen molar-refractivity contribution in [2.24, 2.45) is 5.92 Å². The molecule has 1 heterocycles. The minimum atomic E-state index is 0.226. The summed E-state index contributed by atoms with van der Waals surface area (Å²) in [5, 5.41) is 3.41. The molecule has 1 amide bonds. The zero-order valence-corrected chi connectivity index (χ0v) is 12.1. The number of hydrogen-bond acceptors (Lipinski definition) is 3. The summed E-state index contributed by atoms with van der Waals surface area (Å²) < 4.78 is 5.26. The highest BCUT2D eigenvalue weighted by molar-refractivity contribution is 5.76. The molecular formula is C14H28N2O2. The van der Waals surface area contributed by atoms with Gasteiger partial charge in [-0.15, -0.1) is 0 Å². The Balaban J connectivity index is 2.39. The van der Waals surface area contributed by atoms with Crippen molar-refractivity contribution in [1.29, 1.82) is 0 Å². The van der Waals surface area contributed by atoms with Gasteiger partial charge < -0.3 is 15.0 Å². The van der Waals surface area contributed by atoms with Crippen molar-refractivity contribution in [1.82, 2.24) is 10.2 Å². The number of nitrogens with one attached hydrogen (secondary N) is 1. The molecule has 18 heavy (non-hydrogen) atoms. The van der Waals surface area contributed by atoms with Gasteiger partial charge >= 0.3 is 0 Å². The monoisotopic (exact) mass is 256 g/mol. The van der Waals surface area contributed by atoms with E-state index in [1.54, 1.807) is 0 Å². The summed E-state index contributed by atoms with van der Waals surface area (Å²) in [7, 11) is 0. The molecule has 0 radical (unpaired) electrons. The van der Waals surface area contributed by atoms with E-state index in [2.05, 4.69) is 19.2 Å². The van der Waals surface area contributed by atoms with Crippen LogP contribution in [0.4, 0.5) is 0 Å². The van der Waals surface area contributed by atoms with Crippen LogP contribution in [0.25, 0.3) is 0 Å². The van der Waals surface area contributed by atoms with Crippen LogP contribution in [-0.4, -0.2) is 49.7 Å². The van der Waals surface area contributed by atoms with Gasteiger partial charge in [-0.3, -0.25) is 4.79 Å². The van der Waals surface area contributed by atoms with Gasteiger partial charge in [0.25, 0.3) is 0 Å². The average molecular weight is 256 g/mol. The minimum Gasteiger partial charge on any atom is -0.381 e. The summed E-state index contributed by atoms with van der Waals surface area (Å²) in [5.74, 6) is 0.834. The predicted octanol–water partition coefficient (Wildman–Crippen LogP) is 1.65. The summed E-state index contributed by atoms with van der Waals surface area (Å²) in [5.41, 5.74) is 0. The number of rotatable bonds is 7. The molecule has 1 rings (SSSR count). The molecule has 0 saturated carbocycles. The largest absolute Gasteiger partial charge is 0.381 e. The molecule has 1 N–H and O–H groups in total. The molecular weight excluding hydrogens is 228 g/mol. The van der Waals surface area contributed by atoms with Crippen molar-refractivity contribution in [3.63, 3.8) is 0 Å². The molecule has 1 aliphatic rings. The third-order valence-electron chi connectivity index (χ3n) is 3.46. The molecule has 106 valence electrons. The number of nitrogens with zero attached hydrogens (tertiary/aromatic N) is 1. The van der Waals surface area contributed by atoms with Crippen LogP contribution in [-0.2, 0) is 9.53 Å². The molecule has 4 nitrogen and oxygen atoms in total. The highest BCUT2D eigenvalue weighted by Crippen LogP contribution is 2.14. The van der Waals surface area contributed by atoms with E-state index in [1.807, 2.05) is 11.8 Å². The summed E-state index contributed by atoms with van der Waals surface area (Å²) in [4.78, 5) is 14.2. The highest BCUT2D eigenvalue weighted by Gasteiger charge is 2.22. The average Bonchev–Trinajstić information content (AvgIpc) is 2.37. The molecule has 0 aromatic heterocycles. The lowest BCUT2D eigenvalue weighted by Crippen LogP contribution is -2.44. The number of amides is 1. The lowest BCUT2D eigenvalue weighted by molar-refractivity contribution is -0.134. The van der Waals surface area contributed by atoms with E-state index in [4.69, 9.17) is 4.74 Å². The van der Waals surface area contributed by atoms with E-state index in [1.165, 1.54) is 12.8 Å². The number of carbonyl (C=O) groups excluding carboxylic acids is 1. The van der Waals surface area contributed by atoms with Crippen LogP contribution >= 0.6 is 0 Å². The molecule has 0 aromatic rings. The van der Waals surface area contributed by atoms with E-state index in [0.717, 1.165) is 19.6 Å². The van der Waals surface area contributed by atoms with Gasteiger partial charge in [0.1, 0.15) is 0 Å². The Hall–Kier alpha value is -0.610. The first-order chi connectivity index (χ1) is 8.65. The Kier molecular flexibility index (Phi) is 7.28. The Labute approximate surface area is 111 Å². The lowest BCUT2D eigenvalue weighted by atomic mass is 9.98. The summed E-state index contributed by atoms with van der Waals surface area (Å²) >= 11 is 0. The van der Waals surface area contributed by atoms with Crippen molar-refractivity contribution in [3.8, 4) is 0 Å². The standard InChI is InChI=1S/C14H28N2O2/c1-4-18-9-7-14(17)16(12(2)3)11-13-6-5-8-15-10-13/h12-13,15H,4-11H2,1-3H3. The van der Waals surface area contributed by atoms with Crippen LogP contribution in [0.15, 0.2) is 0 Å². The van der Waals surface area contributed by atoms with Crippen LogP contribution < -0.4 is 5.32 Å². The van der Waals surface area contributed by atoms with Crippen LogP contribution in [0.5, 0.6) is 0 Å². The van der Waals surface area contributed by atoms with Gasteiger partial charge in [0.15, 0.2) is 0 Å². The van der Waals surface area contributed by atoms with E-state index in [9.17, 15) is 4.79 Å². The van der Waals surface area contributed by atoms with Crippen molar-refractivity contribution < 1.29 is 9.53 Å². The van der Waals surface area contributed by atoms with Gasteiger partial charge in [-0.25, -0.2) is 0 Å². The maximum absolute atomic E-state index is 12.2. The van der Waals surface area contributed by atoms with Gasteiger partial charge in [0.2, 0.25) is 5.91 Å². The molecule has 1 unspecified atom stereocenters. The summed E-state index contributed by atoms with van der Waals surface area (Å²) in [6.07, 6.45) is 2.96. The Bertz CT molecular complexity index is 238. The summed E-state index contributed by atoms with van der Waals surface area (Å²) in [6, 6.07) is 0.279. The molecule has 0 aromatic carbocycles. The molecule has 1 saturated heterocycles. The van der Waals surface area contributed by atoms with E-state index < -0.39 is 0 Å². The lowest BCUT2D eigenvalue weighted by Gasteiger charge is -2.33. The smallest absolute Gasteiger partial charge is 0.225 e. The van der Waals surface area contributed by atoms with Gasteiger partial charge in [-0.1, -0.05) is 0 Å². The number of carbonyl (C=O) groups is 1. The van der Waals surface area contributed by atoms with Gasteiger partial charge in [0.05, 0.1) is 13.0 Å². The highest BCUT2D eigenvalue weighted by atomic mass is 16.5. The molecule has 1 atom stereocenters. The fraction of sp³-hybridized carbons (Fsp3) is 0.929. The second kappa shape index (κ2) is 8.48. The zero-order valence-electron chi connectivity index (χ0n) is 12.1. The Morgan fingerprint density at radius 2 is 2.28 bits per heavy atom. The first kappa shape index (κ1) is 15.4. The van der Waals surface area contributed by atoms with Gasteiger partial charge in [0, 0.05) is 19.2 Å². The first-order valence-corrected chi connectivity index (χ1v) is 7.23. The molecule has 4 heteroatoms. The van der Waals surface area contributed by atoms with Crippen molar-refractivity contribution in [3.05, 3.63) is 0 Å². The third-order valence-corrected chi connectivity index (χ3v) is 3.46. The fourth-order valence-corrected chi connectivity index (χ4v) is 2.41.